The zero-order valence-electron chi connectivity index (χ0n) is 16.6. The zero-order chi connectivity index (χ0) is 21.7. The van der Waals surface area contributed by atoms with Gasteiger partial charge in [-0.05, 0) is 49.7 Å². The van der Waals surface area contributed by atoms with E-state index in [0.29, 0.717) is 5.75 Å². The minimum absolute atomic E-state index is 0.0152. The van der Waals surface area contributed by atoms with Gasteiger partial charge in [-0.1, -0.05) is 24.1 Å². The number of para-hydroxylation sites is 1. The lowest BCUT2D eigenvalue weighted by Gasteiger charge is -2.15. The van der Waals surface area contributed by atoms with Gasteiger partial charge >= 0.3 is 5.97 Å². The van der Waals surface area contributed by atoms with Crippen LogP contribution < -0.4 is 9.46 Å². The monoisotopic (exact) mass is 426 g/mol. The summed E-state index contributed by atoms with van der Waals surface area (Å²) in [6.45, 7) is 3.73. The van der Waals surface area contributed by atoms with E-state index in [9.17, 15) is 18.3 Å². The second kappa shape index (κ2) is 9.03. The normalized spacial score (nSPS) is 12.2. The van der Waals surface area contributed by atoms with Crippen LogP contribution in [0.4, 0.5) is 0 Å². The fraction of sp³-hybridized carbons (Fsp3) is 0.227. The molecular formula is C22H22N2O5S. The van der Waals surface area contributed by atoms with E-state index in [0.717, 1.165) is 22.2 Å². The molecule has 8 heteroatoms. The number of hydrogen-bond acceptors (Lipinski definition) is 4. The first-order chi connectivity index (χ1) is 14.3. The number of aromatic amines is 1. The van der Waals surface area contributed by atoms with Crippen molar-refractivity contribution in [3.8, 4) is 17.6 Å². The van der Waals surface area contributed by atoms with E-state index < -0.39 is 22.0 Å². The summed E-state index contributed by atoms with van der Waals surface area (Å²) < 4.78 is 33.2. The first-order valence-electron chi connectivity index (χ1n) is 9.25. The lowest BCUT2D eigenvalue weighted by Crippen LogP contribution is -2.42. The molecule has 3 rings (SSSR count). The molecule has 1 aromatic heterocycles. The van der Waals surface area contributed by atoms with Crippen LogP contribution >= 0.6 is 0 Å². The molecule has 0 saturated heterocycles. The summed E-state index contributed by atoms with van der Waals surface area (Å²) in [6, 6.07) is 11.9. The van der Waals surface area contributed by atoms with Crippen LogP contribution in [0.2, 0.25) is 0 Å². The Morgan fingerprint density at radius 2 is 1.90 bits per heavy atom. The first kappa shape index (κ1) is 21.4. The van der Waals surface area contributed by atoms with Crippen molar-refractivity contribution in [1.82, 2.24) is 9.71 Å². The van der Waals surface area contributed by atoms with Gasteiger partial charge in [-0.2, -0.15) is 4.72 Å². The quantitative estimate of drug-likeness (QED) is 0.480. The van der Waals surface area contributed by atoms with Gasteiger partial charge in [-0.3, -0.25) is 4.79 Å². The predicted octanol–water partition coefficient (Wildman–Crippen LogP) is 2.85. The van der Waals surface area contributed by atoms with Gasteiger partial charge in [-0.25, -0.2) is 8.42 Å². The van der Waals surface area contributed by atoms with E-state index in [-0.39, 0.29) is 17.9 Å². The summed E-state index contributed by atoms with van der Waals surface area (Å²) in [7, 11) is -4.04. The maximum atomic E-state index is 12.8. The number of carboxylic acid groups (broad SMARTS) is 1. The molecule has 7 nitrogen and oxygen atoms in total. The van der Waals surface area contributed by atoms with E-state index in [1.807, 2.05) is 31.2 Å². The molecule has 1 unspecified atom stereocenters. The Labute approximate surface area is 175 Å². The summed E-state index contributed by atoms with van der Waals surface area (Å²) in [6.07, 6.45) is 0.0152. The summed E-state index contributed by atoms with van der Waals surface area (Å²) in [5.74, 6) is 4.67. The largest absolute Gasteiger partial charge is 0.481 e. The average molecular weight is 426 g/mol. The number of nitrogens with one attached hydrogen (secondary N) is 2. The molecule has 3 N–H and O–H groups in total. The van der Waals surface area contributed by atoms with Crippen molar-refractivity contribution in [2.75, 3.05) is 6.61 Å². The Bertz CT molecular complexity index is 1220. The van der Waals surface area contributed by atoms with Gasteiger partial charge in [0.05, 0.1) is 4.90 Å². The number of aliphatic carboxylic acids is 1. The van der Waals surface area contributed by atoms with Crippen molar-refractivity contribution in [3.05, 3.63) is 59.8 Å². The minimum Gasteiger partial charge on any atom is -0.481 e. The van der Waals surface area contributed by atoms with Crippen molar-refractivity contribution in [2.24, 2.45) is 0 Å². The van der Waals surface area contributed by atoms with Crippen LogP contribution in [-0.4, -0.2) is 37.1 Å². The molecule has 0 aliphatic rings. The fourth-order valence-corrected chi connectivity index (χ4v) is 4.33. The number of rotatable bonds is 8. The summed E-state index contributed by atoms with van der Waals surface area (Å²) in [5, 5.41) is 10.5. The van der Waals surface area contributed by atoms with E-state index >= 15 is 0 Å². The topological polar surface area (TPSA) is 108 Å². The van der Waals surface area contributed by atoms with Gasteiger partial charge in [0.2, 0.25) is 10.0 Å². The number of ether oxygens (including phenoxy) is 1. The maximum Gasteiger partial charge on any atom is 0.322 e. The molecule has 1 heterocycles. The van der Waals surface area contributed by atoms with Crippen molar-refractivity contribution < 1.29 is 23.1 Å². The number of aromatic nitrogens is 1. The Balaban J connectivity index is 1.80. The molecule has 1 atom stereocenters. The van der Waals surface area contributed by atoms with Crippen LogP contribution in [-0.2, 0) is 21.2 Å². The maximum absolute atomic E-state index is 12.8. The van der Waals surface area contributed by atoms with Gasteiger partial charge in [0, 0.05) is 23.0 Å². The van der Waals surface area contributed by atoms with E-state index in [4.69, 9.17) is 4.74 Å². The van der Waals surface area contributed by atoms with E-state index in [2.05, 4.69) is 21.5 Å². The van der Waals surface area contributed by atoms with Crippen LogP contribution in [0.15, 0.2) is 53.4 Å². The van der Waals surface area contributed by atoms with Crippen LogP contribution in [0.25, 0.3) is 10.9 Å². The minimum atomic E-state index is -4.04. The smallest absolute Gasteiger partial charge is 0.322 e. The lowest BCUT2D eigenvalue weighted by atomic mass is 10.0. The van der Waals surface area contributed by atoms with E-state index in [1.54, 1.807) is 6.92 Å². The molecule has 0 aliphatic heterocycles. The number of H-pyrrole nitrogens is 1. The Kier molecular flexibility index (Phi) is 6.45. The van der Waals surface area contributed by atoms with Crippen LogP contribution in [0.5, 0.6) is 5.75 Å². The number of fused-ring (bicyclic) bond motifs is 1. The number of carboxylic acids is 1. The van der Waals surface area contributed by atoms with Gasteiger partial charge in [-0.15, -0.1) is 5.92 Å². The van der Waals surface area contributed by atoms with Gasteiger partial charge in [0.15, 0.2) is 0 Å². The highest BCUT2D eigenvalue weighted by atomic mass is 32.2. The summed E-state index contributed by atoms with van der Waals surface area (Å²) >= 11 is 0. The molecule has 0 bridgehead atoms. The molecule has 0 aliphatic carbocycles. The summed E-state index contributed by atoms with van der Waals surface area (Å²) in [4.78, 5) is 15.0. The SMILES string of the molecule is CC#CCOc1ccc(S(=O)(=O)NC(Cc2c(C)[nH]c3ccccc23)C(=O)O)cc1. The Hall–Kier alpha value is -3.28. The van der Waals surface area contributed by atoms with Crippen LogP contribution in [0, 0.1) is 18.8 Å². The Morgan fingerprint density at radius 3 is 2.57 bits per heavy atom. The molecule has 30 heavy (non-hydrogen) atoms. The lowest BCUT2D eigenvalue weighted by molar-refractivity contribution is -0.138. The van der Waals surface area contributed by atoms with Crippen molar-refractivity contribution in [3.63, 3.8) is 0 Å². The Morgan fingerprint density at radius 1 is 1.20 bits per heavy atom. The first-order valence-corrected chi connectivity index (χ1v) is 10.7. The number of benzene rings is 2. The van der Waals surface area contributed by atoms with E-state index in [1.165, 1.54) is 24.3 Å². The second-order valence-electron chi connectivity index (χ2n) is 6.68. The molecule has 156 valence electrons. The highest BCUT2D eigenvalue weighted by molar-refractivity contribution is 7.89. The van der Waals surface area contributed by atoms with Gasteiger partial charge < -0.3 is 14.8 Å². The highest BCUT2D eigenvalue weighted by Gasteiger charge is 2.27. The van der Waals surface area contributed by atoms with Gasteiger partial charge in [0.1, 0.15) is 18.4 Å². The molecule has 0 fully saturated rings. The van der Waals surface area contributed by atoms with Crippen LogP contribution in [0.1, 0.15) is 18.2 Å². The van der Waals surface area contributed by atoms with Gasteiger partial charge in [0.25, 0.3) is 0 Å². The van der Waals surface area contributed by atoms with Crippen LogP contribution in [0.3, 0.4) is 0 Å². The third-order valence-corrected chi connectivity index (χ3v) is 6.14. The van der Waals surface area contributed by atoms with Crippen molar-refractivity contribution >= 4 is 26.9 Å². The molecular weight excluding hydrogens is 404 g/mol. The third-order valence-electron chi connectivity index (χ3n) is 4.65. The average Bonchev–Trinajstić information content (AvgIpc) is 3.03. The van der Waals surface area contributed by atoms with Crippen molar-refractivity contribution in [2.45, 2.75) is 31.2 Å². The molecule has 3 aromatic rings. The second-order valence-corrected chi connectivity index (χ2v) is 8.39. The fourth-order valence-electron chi connectivity index (χ4n) is 3.14. The zero-order valence-corrected chi connectivity index (χ0v) is 17.4. The van der Waals surface area contributed by atoms with Crippen molar-refractivity contribution in [1.29, 1.82) is 0 Å². The molecule has 0 spiro atoms. The molecule has 2 aromatic carbocycles. The molecule has 0 amide bonds. The number of sulfonamides is 1. The number of carbonyl (C=O) groups is 1. The standard InChI is InChI=1S/C22H22N2O5S/c1-3-4-13-29-16-9-11-17(12-10-16)30(27,28)24-21(22(25)26)14-19-15(2)23-20-8-6-5-7-18(19)20/h5-12,21,23-24H,13-14H2,1-2H3,(H,25,26). The third kappa shape index (κ3) is 4.82. The predicted molar refractivity (Wildman–Crippen MR) is 114 cm³/mol. The molecule has 0 radical (unpaired) electrons. The summed E-state index contributed by atoms with van der Waals surface area (Å²) in [5.41, 5.74) is 2.44. The number of hydrogen-bond donors (Lipinski definition) is 3. The molecule has 0 saturated carbocycles. The number of aryl methyl sites for hydroxylation is 1. The highest BCUT2D eigenvalue weighted by Crippen LogP contribution is 2.24.